The predicted molar refractivity (Wildman–Crippen MR) is 125 cm³/mol. The minimum Gasteiger partial charge on any atom is -0.506 e. The average molecular weight is 458 g/mol. The Morgan fingerprint density at radius 2 is 1.88 bits per heavy atom. The average Bonchev–Trinajstić information content (AvgIpc) is 3.03. The van der Waals surface area contributed by atoms with Crippen LogP contribution in [0.15, 0.2) is 40.3 Å². The number of piperazine rings is 1. The normalized spacial score (nSPS) is 19.2. The van der Waals surface area contributed by atoms with E-state index in [9.17, 15) is 14.7 Å². The number of carbonyl (C=O) groups excluding carboxylic acids is 1. The number of carbonyl (C=O) groups is 2. The van der Waals surface area contributed by atoms with E-state index in [1.807, 2.05) is 36.1 Å². The first-order valence-electron chi connectivity index (χ1n) is 10.4. The summed E-state index contributed by atoms with van der Waals surface area (Å²) in [6, 6.07) is 9.30. The smallest absolute Gasteiger partial charge is 0.407 e. The lowest BCUT2D eigenvalue weighted by Gasteiger charge is -2.35. The standard InChI is InChI=1S/C22H27N5O4S/c1-13-2-4-15-18(23)19(20(24)29)32(21(15)25-13)11-6-14-3-5-16(17(28)12-14)26-7-9-27(10-8-26)22(30)31/h2-5,12,28,32H,6-11,23H2,1H3,(H2,24,29)(H,30,31). The number of benzene rings is 1. The van der Waals surface area contributed by atoms with Crippen LogP contribution in [0.2, 0.25) is 0 Å². The van der Waals surface area contributed by atoms with Gasteiger partial charge in [-0.3, -0.25) is 4.79 Å². The molecular weight excluding hydrogens is 430 g/mol. The van der Waals surface area contributed by atoms with E-state index in [-0.39, 0.29) is 5.75 Å². The zero-order valence-corrected chi connectivity index (χ0v) is 18.7. The van der Waals surface area contributed by atoms with Gasteiger partial charge in [0, 0.05) is 37.4 Å². The van der Waals surface area contributed by atoms with Crippen LogP contribution < -0.4 is 16.4 Å². The summed E-state index contributed by atoms with van der Waals surface area (Å²) in [6.45, 7) is 3.75. The van der Waals surface area contributed by atoms with E-state index in [1.165, 1.54) is 4.90 Å². The van der Waals surface area contributed by atoms with Gasteiger partial charge in [-0.05, 0) is 48.9 Å². The van der Waals surface area contributed by atoms with Gasteiger partial charge in [-0.2, -0.15) is 10.9 Å². The van der Waals surface area contributed by atoms with Gasteiger partial charge in [0.05, 0.1) is 21.3 Å². The van der Waals surface area contributed by atoms with Crippen LogP contribution in [0.4, 0.5) is 10.5 Å². The fourth-order valence-corrected chi connectivity index (χ4v) is 6.76. The number of rotatable bonds is 5. The van der Waals surface area contributed by atoms with Gasteiger partial charge in [-0.15, -0.1) is 0 Å². The molecule has 0 bridgehead atoms. The zero-order valence-electron chi connectivity index (χ0n) is 17.8. The van der Waals surface area contributed by atoms with E-state index >= 15 is 0 Å². The molecule has 0 radical (unpaired) electrons. The topological polar surface area (TPSA) is 146 Å². The summed E-state index contributed by atoms with van der Waals surface area (Å²) in [6.07, 6.45) is -0.291. The number of nitrogens with zero attached hydrogens (tertiary/aromatic N) is 3. The fraction of sp³-hybridized carbons (Fsp3) is 0.318. The van der Waals surface area contributed by atoms with Crippen LogP contribution in [0, 0.1) is 6.92 Å². The molecule has 0 spiro atoms. The molecule has 0 aliphatic carbocycles. The Balaban J connectivity index is 1.49. The minimum absolute atomic E-state index is 0.157. The quantitative estimate of drug-likeness (QED) is 0.429. The van der Waals surface area contributed by atoms with Crippen LogP contribution in [-0.2, 0) is 11.2 Å². The van der Waals surface area contributed by atoms with E-state index in [2.05, 4.69) is 4.98 Å². The SMILES string of the molecule is Cc1ccc2c(n1)[SH](CCc1ccc(N3CCN(C(=O)O)CC3)c(O)c1)C(C(N)=O)=C2N. The Labute approximate surface area is 188 Å². The molecule has 1 aromatic heterocycles. The lowest BCUT2D eigenvalue weighted by Crippen LogP contribution is -2.48. The highest BCUT2D eigenvalue weighted by molar-refractivity contribution is 8.21. The molecule has 1 aromatic carbocycles. The maximum Gasteiger partial charge on any atom is 0.407 e. The summed E-state index contributed by atoms with van der Waals surface area (Å²) in [5.41, 5.74) is 15.6. The first-order chi connectivity index (χ1) is 15.3. The molecule has 4 rings (SSSR count). The number of primary amides is 1. The van der Waals surface area contributed by atoms with E-state index in [1.54, 1.807) is 6.07 Å². The Morgan fingerprint density at radius 3 is 2.50 bits per heavy atom. The maximum atomic E-state index is 12.1. The van der Waals surface area contributed by atoms with Crippen LogP contribution in [0.25, 0.3) is 5.70 Å². The molecule has 1 saturated heterocycles. The Bertz CT molecular complexity index is 1110. The van der Waals surface area contributed by atoms with E-state index < -0.39 is 22.9 Å². The molecule has 2 aliphatic rings. The van der Waals surface area contributed by atoms with Gasteiger partial charge in [-0.25, -0.2) is 9.78 Å². The van der Waals surface area contributed by atoms with Crippen molar-refractivity contribution < 1.29 is 19.8 Å². The maximum absolute atomic E-state index is 12.1. The molecule has 1 atom stereocenters. The largest absolute Gasteiger partial charge is 0.506 e. The van der Waals surface area contributed by atoms with Crippen LogP contribution in [0.1, 0.15) is 16.8 Å². The second-order valence-corrected chi connectivity index (χ2v) is 10.1. The van der Waals surface area contributed by atoms with Gasteiger partial charge in [0.1, 0.15) is 5.75 Å². The predicted octanol–water partition coefficient (Wildman–Crippen LogP) is 1.62. The zero-order chi connectivity index (χ0) is 23.0. The minimum atomic E-state index is -1.07. The molecule has 2 amide bonds. The van der Waals surface area contributed by atoms with Crippen molar-refractivity contribution in [1.82, 2.24) is 9.88 Å². The van der Waals surface area contributed by atoms with Crippen molar-refractivity contribution in [2.24, 2.45) is 11.5 Å². The number of amides is 2. The number of nitrogens with two attached hydrogens (primary N) is 2. The number of thiol groups is 1. The monoisotopic (exact) mass is 457 g/mol. The third-order valence-corrected chi connectivity index (χ3v) is 8.40. The first-order valence-corrected chi connectivity index (χ1v) is 11.9. The molecule has 1 fully saturated rings. The number of phenols is 1. The van der Waals surface area contributed by atoms with Gasteiger partial charge in [0.2, 0.25) is 0 Å². The van der Waals surface area contributed by atoms with Gasteiger partial charge >= 0.3 is 6.09 Å². The Kier molecular flexibility index (Phi) is 5.88. The molecule has 32 heavy (non-hydrogen) atoms. The van der Waals surface area contributed by atoms with Gasteiger partial charge in [0.15, 0.2) is 0 Å². The van der Waals surface area contributed by atoms with Crippen LogP contribution in [0.3, 0.4) is 0 Å². The number of hydrogen-bond donors (Lipinski definition) is 5. The number of carboxylic acid groups (broad SMARTS) is 1. The van der Waals surface area contributed by atoms with Crippen molar-refractivity contribution in [2.75, 3.05) is 36.8 Å². The van der Waals surface area contributed by atoms with Crippen molar-refractivity contribution >= 4 is 34.3 Å². The molecule has 170 valence electrons. The van der Waals surface area contributed by atoms with Crippen molar-refractivity contribution in [3.05, 3.63) is 52.1 Å². The van der Waals surface area contributed by atoms with Gasteiger partial charge in [0.25, 0.3) is 5.91 Å². The van der Waals surface area contributed by atoms with Gasteiger partial charge in [-0.1, -0.05) is 6.07 Å². The summed E-state index contributed by atoms with van der Waals surface area (Å²) in [5, 5.41) is 20.5. The van der Waals surface area contributed by atoms with Crippen LogP contribution in [0.5, 0.6) is 5.75 Å². The van der Waals surface area contributed by atoms with Crippen LogP contribution in [-0.4, -0.2) is 64.0 Å². The van der Waals surface area contributed by atoms with Crippen molar-refractivity contribution in [3.8, 4) is 5.75 Å². The summed E-state index contributed by atoms with van der Waals surface area (Å²) in [5.74, 6) is 0.293. The lowest BCUT2D eigenvalue weighted by molar-refractivity contribution is -0.113. The number of phenolic OH excluding ortho intramolecular Hbond substituents is 1. The van der Waals surface area contributed by atoms with Crippen molar-refractivity contribution in [1.29, 1.82) is 0 Å². The highest BCUT2D eigenvalue weighted by atomic mass is 32.2. The summed E-state index contributed by atoms with van der Waals surface area (Å²) < 4.78 is 0. The highest BCUT2D eigenvalue weighted by Crippen LogP contribution is 2.53. The van der Waals surface area contributed by atoms with Crippen molar-refractivity contribution in [3.63, 3.8) is 0 Å². The number of aromatic nitrogens is 1. The van der Waals surface area contributed by atoms with Crippen molar-refractivity contribution in [2.45, 2.75) is 18.4 Å². The third-order valence-electron chi connectivity index (χ3n) is 5.87. The lowest BCUT2D eigenvalue weighted by atomic mass is 10.1. The molecule has 2 aliphatic heterocycles. The third kappa shape index (κ3) is 4.05. The number of aryl methyl sites for hydroxylation is 2. The number of anilines is 1. The summed E-state index contributed by atoms with van der Waals surface area (Å²) in [4.78, 5) is 31.7. The second-order valence-electron chi connectivity index (χ2n) is 7.93. The van der Waals surface area contributed by atoms with E-state index in [4.69, 9.17) is 16.6 Å². The number of hydrogen-bond acceptors (Lipinski definition) is 6. The Hall–Kier alpha value is -3.40. The Morgan fingerprint density at radius 1 is 1.16 bits per heavy atom. The molecule has 1 unspecified atom stereocenters. The molecule has 2 aromatic rings. The van der Waals surface area contributed by atoms with Crippen LogP contribution >= 0.6 is 10.9 Å². The molecule has 0 saturated carbocycles. The molecule has 10 heteroatoms. The highest BCUT2D eigenvalue weighted by Gasteiger charge is 2.32. The molecule has 6 N–H and O–H groups in total. The fourth-order valence-electron chi connectivity index (χ4n) is 4.19. The summed E-state index contributed by atoms with van der Waals surface area (Å²) >= 11 is 0. The number of pyridine rings is 1. The first kappa shape index (κ1) is 21.8. The summed E-state index contributed by atoms with van der Waals surface area (Å²) in [7, 11) is -1.07. The molecule has 9 nitrogen and oxygen atoms in total. The second kappa shape index (κ2) is 8.62. The van der Waals surface area contributed by atoms with E-state index in [0.29, 0.717) is 54.6 Å². The molecule has 3 heterocycles. The number of aromatic hydroxyl groups is 1. The van der Waals surface area contributed by atoms with E-state index in [0.717, 1.165) is 21.8 Å². The van der Waals surface area contributed by atoms with Gasteiger partial charge < -0.3 is 31.5 Å². The number of fused-ring (bicyclic) bond motifs is 1. The molecular formula is C22H27N5O4S.